The fourth-order valence-corrected chi connectivity index (χ4v) is 9.72. The Balaban J connectivity index is 4.67. The quantitative estimate of drug-likeness (QED) is 0.0146. The van der Waals surface area contributed by atoms with Crippen LogP contribution in [0.3, 0.4) is 0 Å². The lowest BCUT2D eigenvalue weighted by Gasteiger charge is -2.21. The fraction of sp³-hybridized carbons (Fsp3) is 0.847. The minimum atomic E-state index is -4.91. The number of hydrogen-bond donors (Lipinski definition) is 4. The molecule has 0 amide bonds. The Kier molecular flexibility index (Phi) is 52.8. The van der Waals surface area contributed by atoms with Crippen molar-refractivity contribution in [3.63, 3.8) is 0 Å². The third-order valence-electron chi connectivity index (χ3n) is 12.8. The van der Waals surface area contributed by atoms with Crippen LogP contribution >= 0.6 is 15.6 Å². The van der Waals surface area contributed by atoms with E-state index in [4.69, 9.17) is 32.3 Å². The number of aliphatic hydroxyl groups is 2. The van der Waals surface area contributed by atoms with Gasteiger partial charge in [0.15, 0.2) is 6.10 Å². The van der Waals surface area contributed by atoms with E-state index in [1.165, 1.54) is 96.3 Å². The molecule has 16 nitrogen and oxygen atoms in total. The fourth-order valence-electron chi connectivity index (χ4n) is 8.13. The number of ether oxygens (including phenoxy) is 3. The molecule has 0 aliphatic rings. The van der Waals surface area contributed by atoms with E-state index < -0.39 is 91.5 Å². The third-order valence-corrected chi connectivity index (χ3v) is 14.7. The Labute approximate surface area is 466 Å². The highest BCUT2D eigenvalue weighted by Crippen LogP contribution is 2.45. The number of allylic oxidation sites excluding steroid dienone is 6. The number of phosphoric ester groups is 2. The first kappa shape index (κ1) is 74.8. The Hall–Kier alpha value is -2.23. The zero-order chi connectivity index (χ0) is 56.8. The minimum absolute atomic E-state index is 0.0951. The van der Waals surface area contributed by atoms with E-state index in [1.54, 1.807) is 0 Å². The van der Waals surface area contributed by atoms with Gasteiger partial charge in [0.2, 0.25) is 0 Å². The van der Waals surface area contributed by atoms with Crippen molar-refractivity contribution < 1.29 is 75.8 Å². The van der Waals surface area contributed by atoms with Crippen molar-refractivity contribution in [3.05, 3.63) is 36.5 Å². The number of unbranched alkanes of at least 4 members (excludes halogenated alkanes) is 29. The summed E-state index contributed by atoms with van der Waals surface area (Å²) in [6.45, 7) is 2.57. The van der Waals surface area contributed by atoms with Gasteiger partial charge in [-0.25, -0.2) is 9.13 Å². The monoisotopic (exact) mass is 1140 g/mol. The number of carbonyl (C=O) groups is 3. The topological polar surface area (TPSA) is 231 Å². The van der Waals surface area contributed by atoms with Gasteiger partial charge in [-0.1, -0.05) is 211 Å². The van der Waals surface area contributed by atoms with Crippen LogP contribution in [0.5, 0.6) is 0 Å². The van der Waals surface area contributed by atoms with E-state index >= 15 is 0 Å². The van der Waals surface area contributed by atoms with Gasteiger partial charge in [0.05, 0.1) is 26.4 Å². The second-order valence-corrected chi connectivity index (χ2v) is 23.4. The highest BCUT2D eigenvalue weighted by molar-refractivity contribution is 7.47. The van der Waals surface area contributed by atoms with E-state index in [1.807, 2.05) is 0 Å². The summed E-state index contributed by atoms with van der Waals surface area (Å²) in [6.07, 6.45) is 47.9. The molecule has 18 heteroatoms. The second kappa shape index (κ2) is 54.4. The van der Waals surface area contributed by atoms with Crippen LogP contribution < -0.4 is 0 Å². The third kappa shape index (κ3) is 55.5. The van der Waals surface area contributed by atoms with Crippen molar-refractivity contribution in [1.82, 2.24) is 0 Å². The molecule has 0 aromatic carbocycles. The Bertz CT molecular complexity index is 1570. The molecule has 0 fully saturated rings. The van der Waals surface area contributed by atoms with Crippen LogP contribution in [-0.2, 0) is 55.8 Å². The van der Waals surface area contributed by atoms with Crippen LogP contribution in [0.1, 0.15) is 265 Å². The Morgan fingerprint density at radius 1 is 0.364 bits per heavy atom. The maximum Gasteiger partial charge on any atom is 0.472 e. The van der Waals surface area contributed by atoms with E-state index in [0.717, 1.165) is 109 Å². The van der Waals surface area contributed by atoms with E-state index in [9.17, 15) is 43.5 Å². The van der Waals surface area contributed by atoms with Gasteiger partial charge < -0.3 is 34.2 Å². The molecule has 0 saturated heterocycles. The maximum absolute atomic E-state index is 12.8. The molecule has 0 rings (SSSR count). The molecule has 5 atom stereocenters. The second-order valence-electron chi connectivity index (χ2n) is 20.5. The zero-order valence-electron chi connectivity index (χ0n) is 48.4. The summed E-state index contributed by atoms with van der Waals surface area (Å²) in [6, 6.07) is 0. The highest BCUT2D eigenvalue weighted by Gasteiger charge is 2.29. The molecule has 0 aromatic heterocycles. The smallest absolute Gasteiger partial charge is 0.463 e. The predicted molar refractivity (Wildman–Crippen MR) is 307 cm³/mol. The summed E-state index contributed by atoms with van der Waals surface area (Å²) in [7, 11) is -9.75. The maximum atomic E-state index is 12.8. The first-order chi connectivity index (χ1) is 37.2. The van der Waals surface area contributed by atoms with Gasteiger partial charge >= 0.3 is 33.6 Å². The lowest BCUT2D eigenvalue weighted by atomic mass is 10.0. The van der Waals surface area contributed by atoms with Crippen LogP contribution in [0.2, 0.25) is 0 Å². The summed E-state index contributed by atoms with van der Waals surface area (Å²) >= 11 is 0. The normalized spacial score (nSPS) is 14.7. The molecule has 0 heterocycles. The summed E-state index contributed by atoms with van der Waals surface area (Å²) in [5, 5.41) is 20.4. The number of esters is 3. The lowest BCUT2D eigenvalue weighted by Crippen LogP contribution is -2.30. The molecule has 452 valence electrons. The molecule has 0 radical (unpaired) electrons. The number of aliphatic hydroxyl groups excluding tert-OH is 2. The van der Waals surface area contributed by atoms with Crippen LogP contribution in [0.25, 0.3) is 0 Å². The van der Waals surface area contributed by atoms with E-state index in [0.29, 0.717) is 19.3 Å². The van der Waals surface area contributed by atoms with Gasteiger partial charge in [-0.3, -0.25) is 32.5 Å². The van der Waals surface area contributed by atoms with Crippen molar-refractivity contribution in [3.8, 4) is 0 Å². The van der Waals surface area contributed by atoms with Gasteiger partial charge in [0, 0.05) is 19.3 Å². The standard InChI is InChI=1S/C59H110O16P2/c1-4-7-10-13-16-19-22-25-26-29-31-33-36-39-42-45-57(62)69-48-54(60)49-71-76(65,66)72-50-55(61)51-73-77(67,68)74-53-56(75-59(64)47-44-41-38-35-32-28-24-21-18-15-12-9-6-3)52-70-58(63)46-43-40-37-34-30-27-23-20-17-14-11-8-5-2/h11,14,20-21,23-24,54-56,60-61H,4-10,12-13,15-19,22,25-53H2,1-3H3,(H,65,66)(H,67,68)/b14-11-,23-20-,24-21-. The van der Waals surface area contributed by atoms with Crippen LogP contribution in [0.4, 0.5) is 0 Å². The molecule has 0 spiro atoms. The van der Waals surface area contributed by atoms with E-state index in [-0.39, 0.29) is 19.3 Å². The average Bonchev–Trinajstić information content (AvgIpc) is 3.40. The number of carbonyl (C=O) groups excluding carboxylic acids is 3. The zero-order valence-corrected chi connectivity index (χ0v) is 50.2. The van der Waals surface area contributed by atoms with Gasteiger partial charge in [-0.05, 0) is 70.6 Å². The number of phosphoric acid groups is 2. The summed E-state index contributed by atoms with van der Waals surface area (Å²) in [5.74, 6) is -1.59. The summed E-state index contributed by atoms with van der Waals surface area (Å²) < 4.78 is 60.6. The summed E-state index contributed by atoms with van der Waals surface area (Å²) in [5.41, 5.74) is 0. The van der Waals surface area contributed by atoms with Gasteiger partial charge in [0.25, 0.3) is 0 Å². The SMILES string of the molecule is CCC/C=C\C/C=C\CCCCCCCC(=O)OCC(COP(=O)(O)OCC(O)COP(=O)(O)OCC(O)COC(=O)CCCCCCCCCCCCCCCCC)OC(=O)CCCCCCC/C=C\CCCCCC. The molecular weight excluding hydrogens is 1030 g/mol. The van der Waals surface area contributed by atoms with E-state index in [2.05, 4.69) is 57.2 Å². The van der Waals surface area contributed by atoms with Crippen LogP contribution in [-0.4, -0.2) is 95.9 Å². The molecule has 0 aromatic rings. The number of hydrogen-bond acceptors (Lipinski definition) is 14. The molecule has 0 aliphatic carbocycles. The Morgan fingerprint density at radius 2 is 0.675 bits per heavy atom. The van der Waals surface area contributed by atoms with Crippen LogP contribution in [0.15, 0.2) is 36.5 Å². The Morgan fingerprint density at radius 3 is 1.09 bits per heavy atom. The molecule has 5 unspecified atom stereocenters. The molecular formula is C59H110O16P2. The average molecular weight is 1140 g/mol. The largest absolute Gasteiger partial charge is 0.472 e. The highest BCUT2D eigenvalue weighted by atomic mass is 31.2. The lowest BCUT2D eigenvalue weighted by molar-refractivity contribution is -0.161. The minimum Gasteiger partial charge on any atom is -0.463 e. The summed E-state index contributed by atoms with van der Waals surface area (Å²) in [4.78, 5) is 58.0. The number of rotatable bonds is 58. The molecule has 77 heavy (non-hydrogen) atoms. The molecule has 0 saturated carbocycles. The van der Waals surface area contributed by atoms with Crippen molar-refractivity contribution in [2.75, 3.05) is 39.6 Å². The predicted octanol–water partition coefficient (Wildman–Crippen LogP) is 15.5. The van der Waals surface area contributed by atoms with Crippen molar-refractivity contribution in [2.45, 2.75) is 283 Å². The first-order valence-corrected chi connectivity index (χ1v) is 33.3. The van der Waals surface area contributed by atoms with Crippen molar-refractivity contribution in [1.29, 1.82) is 0 Å². The van der Waals surface area contributed by atoms with Crippen LogP contribution in [0, 0.1) is 0 Å². The van der Waals surface area contributed by atoms with Gasteiger partial charge in [-0.2, -0.15) is 0 Å². The van der Waals surface area contributed by atoms with Gasteiger partial charge in [-0.15, -0.1) is 0 Å². The molecule has 0 aliphatic heterocycles. The van der Waals surface area contributed by atoms with Crippen molar-refractivity contribution in [2.24, 2.45) is 0 Å². The first-order valence-electron chi connectivity index (χ1n) is 30.3. The molecule has 4 N–H and O–H groups in total. The van der Waals surface area contributed by atoms with Crippen molar-refractivity contribution >= 4 is 33.6 Å². The molecule has 0 bridgehead atoms. The van der Waals surface area contributed by atoms with Gasteiger partial charge in [0.1, 0.15) is 25.4 Å².